The Kier molecular flexibility index (Phi) is 52.9. The van der Waals surface area contributed by atoms with Crippen LogP contribution in [-0.4, -0.2) is 68.5 Å². The molecule has 9 heteroatoms. The second-order valence-electron chi connectivity index (χ2n) is 23.1. The van der Waals surface area contributed by atoms with E-state index in [1.165, 1.54) is 270 Å². The highest BCUT2D eigenvalue weighted by molar-refractivity contribution is 7.45. The zero-order chi connectivity index (χ0) is 51.3. The van der Waals surface area contributed by atoms with Gasteiger partial charge in [0.15, 0.2) is 0 Å². The molecule has 0 saturated heterocycles. The van der Waals surface area contributed by atoms with Crippen LogP contribution in [0.2, 0.25) is 0 Å². The average molecular weight is 1010 g/mol. The van der Waals surface area contributed by atoms with Gasteiger partial charge in [0.25, 0.3) is 7.82 Å². The molecule has 70 heavy (non-hydrogen) atoms. The SMILES string of the molecule is CCCCCCCCCCCCCCCCCCCCCCCCCCCCCCCCCCC(=O)NC(COP(=O)([O-])OCC[N+](C)(C)C)C(O)CCCCCCCCCCCCCCCCCC. The molecule has 0 radical (unpaired) electrons. The number of rotatable bonds is 59. The molecule has 0 rings (SSSR count). The van der Waals surface area contributed by atoms with Gasteiger partial charge in [0.05, 0.1) is 39.9 Å². The third kappa shape index (κ3) is 55.3. The van der Waals surface area contributed by atoms with Gasteiger partial charge in [-0.05, 0) is 12.8 Å². The Balaban J connectivity index is 3.95. The fourth-order valence-electron chi connectivity index (χ4n) is 9.93. The number of phosphoric acid groups is 1. The van der Waals surface area contributed by atoms with E-state index >= 15 is 0 Å². The second-order valence-corrected chi connectivity index (χ2v) is 24.5. The minimum absolute atomic E-state index is 0.0166. The van der Waals surface area contributed by atoms with Crippen molar-refractivity contribution in [3.05, 3.63) is 0 Å². The lowest BCUT2D eigenvalue weighted by atomic mass is 10.0. The van der Waals surface area contributed by atoms with E-state index in [9.17, 15) is 19.4 Å². The third-order valence-electron chi connectivity index (χ3n) is 14.8. The molecule has 0 aromatic rings. The molecule has 1 amide bonds. The first-order chi connectivity index (χ1) is 34.0. The Morgan fingerprint density at radius 1 is 0.443 bits per heavy atom. The predicted octanol–water partition coefficient (Wildman–Crippen LogP) is 18.6. The number of nitrogens with zero attached hydrogens (tertiary/aromatic N) is 1. The summed E-state index contributed by atoms with van der Waals surface area (Å²) < 4.78 is 23.4. The highest BCUT2D eigenvalue weighted by atomic mass is 31.2. The number of aliphatic hydroxyl groups excluding tert-OH is 1. The zero-order valence-electron chi connectivity index (χ0n) is 48.0. The molecule has 0 bridgehead atoms. The van der Waals surface area contributed by atoms with E-state index in [0.717, 1.165) is 38.5 Å². The predicted molar refractivity (Wildman–Crippen MR) is 303 cm³/mol. The summed E-state index contributed by atoms with van der Waals surface area (Å²) >= 11 is 0. The summed E-state index contributed by atoms with van der Waals surface area (Å²) in [6.45, 7) is 4.78. The molecule has 0 aliphatic heterocycles. The first-order valence-corrected chi connectivity index (χ1v) is 32.8. The van der Waals surface area contributed by atoms with Gasteiger partial charge in [-0.3, -0.25) is 9.36 Å². The standard InChI is InChI=1S/C61H125N2O6P/c1-6-8-10-12-14-16-18-20-22-24-25-26-27-28-29-30-31-32-33-34-35-36-37-38-39-41-43-45-47-49-51-53-55-61(65)62-59(58-69-70(66,67)68-57-56-63(3,4)5)60(64)54-52-50-48-46-44-42-40-23-21-19-17-15-13-11-9-7-2/h59-60,64H,6-58H2,1-5H3,(H-,62,65,66,67). The summed E-state index contributed by atoms with van der Waals surface area (Å²) in [7, 11) is 1.33. The van der Waals surface area contributed by atoms with Crippen molar-refractivity contribution in [1.29, 1.82) is 0 Å². The van der Waals surface area contributed by atoms with Crippen LogP contribution < -0.4 is 10.2 Å². The van der Waals surface area contributed by atoms with E-state index < -0.39 is 20.0 Å². The summed E-state index contributed by atoms with van der Waals surface area (Å²) in [5.41, 5.74) is 0. The smallest absolute Gasteiger partial charge is 0.268 e. The molecule has 0 fully saturated rings. The van der Waals surface area contributed by atoms with Crippen molar-refractivity contribution in [1.82, 2.24) is 5.32 Å². The molecule has 2 N–H and O–H groups in total. The van der Waals surface area contributed by atoms with Crippen molar-refractivity contribution in [3.8, 4) is 0 Å². The van der Waals surface area contributed by atoms with Gasteiger partial charge in [0.2, 0.25) is 5.91 Å². The number of nitrogens with one attached hydrogen (secondary N) is 1. The lowest BCUT2D eigenvalue weighted by Gasteiger charge is -2.30. The highest BCUT2D eigenvalue weighted by Gasteiger charge is 2.24. The third-order valence-corrected chi connectivity index (χ3v) is 15.8. The Labute approximate surface area is 438 Å². The van der Waals surface area contributed by atoms with Crippen LogP contribution in [0.25, 0.3) is 0 Å². The Morgan fingerprint density at radius 3 is 0.971 bits per heavy atom. The Hall–Kier alpha value is -0.500. The van der Waals surface area contributed by atoms with Crippen LogP contribution in [0.5, 0.6) is 0 Å². The summed E-state index contributed by atoms with van der Waals surface area (Å²) in [5, 5.41) is 14.0. The summed E-state index contributed by atoms with van der Waals surface area (Å²) in [6.07, 6.45) is 64.5. The van der Waals surface area contributed by atoms with E-state index in [2.05, 4.69) is 19.2 Å². The van der Waals surface area contributed by atoms with E-state index in [-0.39, 0.29) is 19.1 Å². The molecule has 0 heterocycles. The molecule has 8 nitrogen and oxygen atoms in total. The van der Waals surface area contributed by atoms with E-state index in [0.29, 0.717) is 23.9 Å². The number of unbranched alkanes of at least 4 members (excludes halogenated alkanes) is 46. The number of likely N-dealkylation sites (N-methyl/N-ethyl adjacent to an activating group) is 1. The first-order valence-electron chi connectivity index (χ1n) is 31.4. The number of amides is 1. The van der Waals surface area contributed by atoms with Crippen molar-refractivity contribution < 1.29 is 32.9 Å². The molecule has 0 aromatic carbocycles. The number of hydrogen-bond acceptors (Lipinski definition) is 6. The van der Waals surface area contributed by atoms with Gasteiger partial charge in [-0.15, -0.1) is 0 Å². The molecule has 0 aliphatic carbocycles. The van der Waals surface area contributed by atoms with Gasteiger partial charge in [-0.1, -0.05) is 316 Å². The molecule has 0 spiro atoms. The molecule has 0 saturated carbocycles. The highest BCUT2D eigenvalue weighted by Crippen LogP contribution is 2.38. The summed E-state index contributed by atoms with van der Waals surface area (Å²) in [4.78, 5) is 25.5. The van der Waals surface area contributed by atoms with Crippen molar-refractivity contribution in [2.45, 2.75) is 347 Å². The van der Waals surface area contributed by atoms with Crippen LogP contribution >= 0.6 is 7.82 Å². The van der Waals surface area contributed by atoms with Crippen LogP contribution in [-0.2, 0) is 18.4 Å². The Bertz CT molecular complexity index is 1100. The van der Waals surface area contributed by atoms with Gasteiger partial charge in [-0.2, -0.15) is 0 Å². The number of quaternary nitrogens is 1. The van der Waals surface area contributed by atoms with E-state index in [1.807, 2.05) is 21.1 Å². The van der Waals surface area contributed by atoms with Gasteiger partial charge in [0.1, 0.15) is 13.2 Å². The van der Waals surface area contributed by atoms with E-state index in [4.69, 9.17) is 9.05 Å². The van der Waals surface area contributed by atoms with Gasteiger partial charge in [-0.25, -0.2) is 0 Å². The normalized spacial score (nSPS) is 13.8. The van der Waals surface area contributed by atoms with Crippen molar-refractivity contribution in [2.75, 3.05) is 40.9 Å². The monoisotopic (exact) mass is 1010 g/mol. The first kappa shape index (κ1) is 69.5. The quantitative estimate of drug-likeness (QED) is 0.0357. The van der Waals surface area contributed by atoms with Crippen LogP contribution in [0.15, 0.2) is 0 Å². The maximum atomic E-state index is 13.0. The molecule has 3 unspecified atom stereocenters. The van der Waals surface area contributed by atoms with Gasteiger partial charge < -0.3 is 28.8 Å². The maximum absolute atomic E-state index is 13.0. The number of hydrogen-bond donors (Lipinski definition) is 2. The lowest BCUT2D eigenvalue weighted by Crippen LogP contribution is -2.46. The topological polar surface area (TPSA) is 108 Å². The molecule has 3 atom stereocenters. The van der Waals surface area contributed by atoms with Crippen molar-refractivity contribution in [3.63, 3.8) is 0 Å². The second kappa shape index (κ2) is 53.3. The zero-order valence-corrected chi connectivity index (χ0v) is 48.9. The molecular formula is C61H125N2O6P. The van der Waals surface area contributed by atoms with Crippen molar-refractivity contribution in [2.24, 2.45) is 0 Å². The van der Waals surface area contributed by atoms with Gasteiger partial charge in [0, 0.05) is 6.42 Å². The molecule has 0 aromatic heterocycles. The van der Waals surface area contributed by atoms with Crippen LogP contribution in [0, 0.1) is 0 Å². The van der Waals surface area contributed by atoms with Crippen LogP contribution in [0.3, 0.4) is 0 Å². The maximum Gasteiger partial charge on any atom is 0.268 e. The number of aliphatic hydroxyl groups is 1. The van der Waals surface area contributed by atoms with Gasteiger partial charge >= 0.3 is 0 Å². The molecule has 420 valence electrons. The number of carbonyl (C=O) groups excluding carboxylic acids is 1. The fourth-order valence-corrected chi connectivity index (χ4v) is 10.7. The number of carbonyl (C=O) groups is 1. The van der Waals surface area contributed by atoms with Crippen LogP contribution in [0.4, 0.5) is 0 Å². The van der Waals surface area contributed by atoms with Crippen molar-refractivity contribution >= 4 is 13.7 Å². The minimum Gasteiger partial charge on any atom is -0.756 e. The van der Waals surface area contributed by atoms with E-state index in [1.54, 1.807) is 0 Å². The molecular weight excluding hydrogens is 888 g/mol. The average Bonchev–Trinajstić information content (AvgIpc) is 3.32. The largest absolute Gasteiger partial charge is 0.756 e. The molecule has 0 aliphatic rings. The summed E-state index contributed by atoms with van der Waals surface area (Å²) in [6, 6.07) is -0.795. The fraction of sp³-hybridized carbons (Fsp3) is 0.984. The minimum atomic E-state index is -4.57. The van der Waals surface area contributed by atoms with Crippen LogP contribution in [0.1, 0.15) is 335 Å². The number of phosphoric ester groups is 1. The lowest BCUT2D eigenvalue weighted by molar-refractivity contribution is -0.870. The Morgan fingerprint density at radius 2 is 0.700 bits per heavy atom. The summed E-state index contributed by atoms with van der Waals surface area (Å²) in [5.74, 6) is -0.156.